The Kier molecular flexibility index (Phi) is 4.45. The van der Waals surface area contributed by atoms with Crippen LogP contribution in [0.3, 0.4) is 0 Å². The molecule has 0 saturated carbocycles. The zero-order chi connectivity index (χ0) is 13.5. The second-order valence-electron chi connectivity index (χ2n) is 4.25. The fourth-order valence-corrected chi connectivity index (χ4v) is 1.77. The second-order valence-corrected chi connectivity index (χ2v) is 4.25. The Balaban J connectivity index is 2.25. The maximum absolute atomic E-state index is 11.0. The molecule has 0 saturated heterocycles. The lowest BCUT2D eigenvalue weighted by Gasteiger charge is -2.07. The lowest BCUT2D eigenvalue weighted by atomic mass is 10.0. The van der Waals surface area contributed by atoms with Gasteiger partial charge in [-0.15, -0.1) is 0 Å². The SMILES string of the molecule is CC(=O)N/N=C(\Cc1ccccc1)c1ccccc1. The van der Waals surface area contributed by atoms with E-state index in [4.69, 9.17) is 0 Å². The molecule has 0 aliphatic carbocycles. The van der Waals surface area contributed by atoms with E-state index in [1.54, 1.807) is 0 Å². The summed E-state index contributed by atoms with van der Waals surface area (Å²) in [6.07, 6.45) is 0.686. The quantitative estimate of drug-likeness (QED) is 0.659. The van der Waals surface area contributed by atoms with Crippen LogP contribution in [0.4, 0.5) is 0 Å². The number of amides is 1. The van der Waals surface area contributed by atoms with Crippen LogP contribution in [0.1, 0.15) is 18.1 Å². The van der Waals surface area contributed by atoms with Crippen molar-refractivity contribution in [1.82, 2.24) is 5.43 Å². The number of carbonyl (C=O) groups excluding carboxylic acids is 1. The van der Waals surface area contributed by atoms with Crippen molar-refractivity contribution in [3.05, 3.63) is 71.8 Å². The van der Waals surface area contributed by atoms with Crippen LogP contribution in [0.15, 0.2) is 65.8 Å². The Morgan fingerprint density at radius 1 is 1.00 bits per heavy atom. The van der Waals surface area contributed by atoms with E-state index < -0.39 is 0 Å². The van der Waals surface area contributed by atoms with Crippen LogP contribution in [0.25, 0.3) is 0 Å². The van der Waals surface area contributed by atoms with Gasteiger partial charge in [0.05, 0.1) is 5.71 Å². The summed E-state index contributed by atoms with van der Waals surface area (Å²) in [5.74, 6) is -0.165. The van der Waals surface area contributed by atoms with Crippen molar-refractivity contribution >= 4 is 11.6 Å². The van der Waals surface area contributed by atoms with Crippen molar-refractivity contribution in [3.63, 3.8) is 0 Å². The van der Waals surface area contributed by atoms with Crippen molar-refractivity contribution < 1.29 is 4.79 Å². The molecule has 0 spiro atoms. The molecule has 2 aromatic carbocycles. The summed E-state index contributed by atoms with van der Waals surface area (Å²) in [6.45, 7) is 1.45. The molecule has 0 bridgehead atoms. The topological polar surface area (TPSA) is 41.5 Å². The van der Waals surface area contributed by atoms with Crippen LogP contribution in [0.5, 0.6) is 0 Å². The third-order valence-electron chi connectivity index (χ3n) is 2.67. The highest BCUT2D eigenvalue weighted by Gasteiger charge is 2.05. The van der Waals surface area contributed by atoms with Gasteiger partial charge in [-0.05, 0) is 11.1 Å². The molecule has 0 unspecified atom stereocenters. The van der Waals surface area contributed by atoms with Crippen LogP contribution in [0.2, 0.25) is 0 Å². The van der Waals surface area contributed by atoms with Crippen molar-refractivity contribution in [3.8, 4) is 0 Å². The maximum Gasteiger partial charge on any atom is 0.236 e. The molecule has 0 heterocycles. The number of rotatable bonds is 4. The first-order chi connectivity index (χ1) is 9.25. The van der Waals surface area contributed by atoms with Crippen molar-refractivity contribution in [2.75, 3.05) is 0 Å². The van der Waals surface area contributed by atoms with Gasteiger partial charge in [0, 0.05) is 13.3 Å². The van der Waals surface area contributed by atoms with Crippen molar-refractivity contribution in [2.24, 2.45) is 5.10 Å². The molecule has 0 fully saturated rings. The number of nitrogens with one attached hydrogen (secondary N) is 1. The third kappa shape index (κ3) is 4.07. The normalized spacial score (nSPS) is 11.1. The fourth-order valence-electron chi connectivity index (χ4n) is 1.77. The average molecular weight is 252 g/mol. The molecule has 0 aliphatic heterocycles. The summed E-state index contributed by atoms with van der Waals surface area (Å²) >= 11 is 0. The first-order valence-electron chi connectivity index (χ1n) is 6.18. The van der Waals surface area contributed by atoms with Gasteiger partial charge in [-0.1, -0.05) is 60.7 Å². The number of hydrogen-bond donors (Lipinski definition) is 1. The zero-order valence-corrected chi connectivity index (χ0v) is 10.8. The van der Waals surface area contributed by atoms with E-state index in [1.807, 2.05) is 60.7 Å². The third-order valence-corrected chi connectivity index (χ3v) is 2.67. The summed E-state index contributed by atoms with van der Waals surface area (Å²) in [6, 6.07) is 19.9. The average Bonchev–Trinajstić information content (AvgIpc) is 2.45. The van der Waals surface area contributed by atoms with Crippen LogP contribution < -0.4 is 5.43 Å². The minimum atomic E-state index is -0.165. The van der Waals surface area contributed by atoms with Gasteiger partial charge in [0.2, 0.25) is 5.91 Å². The summed E-state index contributed by atoms with van der Waals surface area (Å²) in [4.78, 5) is 11.0. The maximum atomic E-state index is 11.0. The summed E-state index contributed by atoms with van der Waals surface area (Å²) in [7, 11) is 0. The lowest BCUT2D eigenvalue weighted by molar-refractivity contribution is -0.118. The number of hydrazone groups is 1. The highest BCUT2D eigenvalue weighted by atomic mass is 16.2. The van der Waals surface area contributed by atoms with Crippen LogP contribution in [-0.2, 0) is 11.2 Å². The highest BCUT2D eigenvalue weighted by molar-refractivity contribution is 6.02. The van der Waals surface area contributed by atoms with E-state index in [0.29, 0.717) is 6.42 Å². The Morgan fingerprint density at radius 2 is 1.58 bits per heavy atom. The van der Waals surface area contributed by atoms with E-state index in [9.17, 15) is 4.79 Å². The Hall–Kier alpha value is -2.42. The van der Waals surface area contributed by atoms with Gasteiger partial charge < -0.3 is 0 Å². The molecule has 2 rings (SSSR count). The van der Waals surface area contributed by atoms with Gasteiger partial charge in [-0.3, -0.25) is 4.79 Å². The minimum Gasteiger partial charge on any atom is -0.274 e. The Labute approximate surface area is 113 Å². The van der Waals surface area contributed by atoms with Gasteiger partial charge >= 0.3 is 0 Å². The van der Waals surface area contributed by atoms with Crippen molar-refractivity contribution in [1.29, 1.82) is 0 Å². The molecule has 2 aromatic rings. The summed E-state index contributed by atoms with van der Waals surface area (Å²) in [5, 5.41) is 4.21. The molecule has 0 radical (unpaired) electrons. The summed E-state index contributed by atoms with van der Waals surface area (Å²) < 4.78 is 0. The largest absolute Gasteiger partial charge is 0.274 e. The second kappa shape index (κ2) is 6.50. The molecule has 3 nitrogen and oxygen atoms in total. The number of carbonyl (C=O) groups is 1. The van der Waals surface area contributed by atoms with Gasteiger partial charge in [0.1, 0.15) is 0 Å². The van der Waals surface area contributed by atoms with Crippen molar-refractivity contribution in [2.45, 2.75) is 13.3 Å². The molecule has 1 N–H and O–H groups in total. The highest BCUT2D eigenvalue weighted by Crippen LogP contribution is 2.08. The molecule has 3 heteroatoms. The standard InChI is InChI=1S/C16H16N2O/c1-13(19)17-18-16(15-10-6-3-7-11-15)12-14-8-4-2-5-9-14/h2-11H,12H2,1H3,(H,17,19)/b18-16+. The van der Waals surface area contributed by atoms with E-state index in [-0.39, 0.29) is 5.91 Å². The number of nitrogens with zero attached hydrogens (tertiary/aromatic N) is 1. The zero-order valence-electron chi connectivity index (χ0n) is 10.8. The molecule has 19 heavy (non-hydrogen) atoms. The van der Waals surface area contributed by atoms with E-state index >= 15 is 0 Å². The fraction of sp³-hybridized carbons (Fsp3) is 0.125. The molecular weight excluding hydrogens is 236 g/mol. The smallest absolute Gasteiger partial charge is 0.236 e. The predicted molar refractivity (Wildman–Crippen MR) is 76.9 cm³/mol. The molecule has 0 aliphatic rings. The van der Waals surface area contributed by atoms with Crippen LogP contribution in [0, 0.1) is 0 Å². The van der Waals surface area contributed by atoms with E-state index in [2.05, 4.69) is 10.5 Å². The van der Waals surface area contributed by atoms with Gasteiger partial charge in [-0.2, -0.15) is 5.10 Å². The minimum absolute atomic E-state index is 0.165. The number of hydrogen-bond acceptors (Lipinski definition) is 2. The predicted octanol–water partition coefficient (Wildman–Crippen LogP) is 2.77. The summed E-state index contributed by atoms with van der Waals surface area (Å²) in [5.41, 5.74) is 5.54. The lowest BCUT2D eigenvalue weighted by Crippen LogP contribution is -2.17. The molecule has 96 valence electrons. The van der Waals surface area contributed by atoms with Gasteiger partial charge in [0.25, 0.3) is 0 Å². The first-order valence-corrected chi connectivity index (χ1v) is 6.18. The van der Waals surface area contributed by atoms with E-state index in [0.717, 1.165) is 16.8 Å². The van der Waals surface area contributed by atoms with Gasteiger partial charge in [0.15, 0.2) is 0 Å². The number of benzene rings is 2. The molecule has 0 atom stereocenters. The van der Waals surface area contributed by atoms with E-state index in [1.165, 1.54) is 6.92 Å². The van der Waals surface area contributed by atoms with Crippen LogP contribution >= 0.6 is 0 Å². The monoisotopic (exact) mass is 252 g/mol. The Bertz CT molecular complexity index is 562. The van der Waals surface area contributed by atoms with Crippen LogP contribution in [-0.4, -0.2) is 11.6 Å². The Morgan fingerprint density at radius 3 is 2.16 bits per heavy atom. The molecular formula is C16H16N2O. The first kappa shape index (κ1) is 13.0. The molecule has 0 aromatic heterocycles. The molecule has 1 amide bonds. The van der Waals surface area contributed by atoms with Gasteiger partial charge in [-0.25, -0.2) is 5.43 Å².